The summed E-state index contributed by atoms with van der Waals surface area (Å²) in [7, 11) is 1.38. The third-order valence-corrected chi connectivity index (χ3v) is 0.148. The Morgan fingerprint density at radius 2 is 2.60 bits per heavy atom. The highest BCUT2D eigenvalue weighted by molar-refractivity contribution is 4.51. The Morgan fingerprint density at radius 1 is 2.00 bits per heavy atom. The zero-order valence-electron chi connectivity index (χ0n) is 2.86. The Hall–Kier alpha value is -0.750. The lowest BCUT2D eigenvalue weighted by molar-refractivity contribution is 0.134. The predicted octanol–water partition coefficient (Wildman–Crippen LogP) is -0.382. The molecular formula is C2H4N2O. The molecule has 0 aromatic heterocycles. The number of rotatable bonds is 1. The van der Waals surface area contributed by atoms with Gasteiger partial charge >= 0.3 is 0 Å². The fourth-order valence-corrected chi connectivity index (χ4v) is 0.0456. The summed E-state index contributed by atoms with van der Waals surface area (Å²) in [6.07, 6.45) is 1.55. The van der Waals surface area contributed by atoms with E-state index in [1.54, 1.807) is 6.19 Å². The second-order valence-corrected chi connectivity index (χ2v) is 0.418. The monoisotopic (exact) mass is 72.0 g/mol. The van der Waals surface area contributed by atoms with E-state index < -0.39 is 0 Å². The highest BCUT2D eigenvalue weighted by atomic mass is 16.6. The molecule has 0 fully saturated rings. The molecule has 0 unspecified atom stereocenters. The van der Waals surface area contributed by atoms with Crippen LogP contribution in [-0.2, 0) is 4.84 Å². The second-order valence-electron chi connectivity index (χ2n) is 0.418. The molecule has 0 amide bonds. The smallest absolute Gasteiger partial charge is 0.202 e. The van der Waals surface area contributed by atoms with Gasteiger partial charge in [-0.15, -0.1) is 0 Å². The Labute approximate surface area is 30.1 Å². The van der Waals surface area contributed by atoms with Crippen molar-refractivity contribution >= 4 is 0 Å². The van der Waals surface area contributed by atoms with E-state index in [0.717, 1.165) is 0 Å². The van der Waals surface area contributed by atoms with Gasteiger partial charge in [0.15, 0.2) is 0 Å². The Bertz CT molecular complexity index is 46.1. The van der Waals surface area contributed by atoms with Crippen molar-refractivity contribution in [1.29, 1.82) is 5.26 Å². The summed E-state index contributed by atoms with van der Waals surface area (Å²) in [5, 5.41) is 7.58. The Morgan fingerprint density at radius 3 is 2.60 bits per heavy atom. The maximum atomic E-state index is 7.58. The standard InChI is InChI=1S/C2H4N2O/c1-5-4-2-3/h4H,1H3. The van der Waals surface area contributed by atoms with Crippen molar-refractivity contribution in [2.45, 2.75) is 0 Å². The molecular weight excluding hydrogens is 68.0 g/mol. The van der Waals surface area contributed by atoms with E-state index >= 15 is 0 Å². The largest absolute Gasteiger partial charge is 0.270 e. The van der Waals surface area contributed by atoms with Crippen LogP contribution in [0.15, 0.2) is 0 Å². The Balaban J connectivity index is 2.48. The molecule has 0 aliphatic carbocycles. The SMILES string of the molecule is CONC#N. The summed E-state index contributed by atoms with van der Waals surface area (Å²) in [4.78, 5) is 4.08. The molecule has 3 nitrogen and oxygen atoms in total. The van der Waals surface area contributed by atoms with Crippen LogP contribution in [0.25, 0.3) is 0 Å². The lowest BCUT2D eigenvalue weighted by Gasteiger charge is -1.79. The average molecular weight is 72.1 g/mol. The van der Waals surface area contributed by atoms with Crippen LogP contribution in [0.3, 0.4) is 0 Å². The van der Waals surface area contributed by atoms with Gasteiger partial charge in [0.05, 0.1) is 7.11 Å². The average Bonchev–Trinajstić information content (AvgIpc) is 1.41. The number of hydroxylamine groups is 1. The fraction of sp³-hybridized carbons (Fsp3) is 0.500. The van der Waals surface area contributed by atoms with Crippen LogP contribution in [0, 0.1) is 11.5 Å². The first-order valence-corrected chi connectivity index (χ1v) is 1.09. The van der Waals surface area contributed by atoms with Crippen LogP contribution in [0.2, 0.25) is 0 Å². The summed E-state index contributed by atoms with van der Waals surface area (Å²) in [5.41, 5.74) is 1.92. The third kappa shape index (κ3) is 3.25. The lowest BCUT2D eigenvalue weighted by atomic mass is 11.4. The molecule has 0 aromatic carbocycles. The molecule has 0 spiro atoms. The van der Waals surface area contributed by atoms with Gasteiger partial charge in [-0.3, -0.25) is 4.84 Å². The lowest BCUT2D eigenvalue weighted by Crippen LogP contribution is -1.99. The third-order valence-electron chi connectivity index (χ3n) is 0.148. The van der Waals surface area contributed by atoms with E-state index in [0.29, 0.717) is 0 Å². The molecule has 0 saturated carbocycles. The minimum atomic E-state index is 1.38. The van der Waals surface area contributed by atoms with Crippen molar-refractivity contribution in [3.63, 3.8) is 0 Å². The zero-order valence-corrected chi connectivity index (χ0v) is 2.86. The topological polar surface area (TPSA) is 45.0 Å². The quantitative estimate of drug-likeness (QED) is 0.261. The molecule has 0 aromatic rings. The van der Waals surface area contributed by atoms with Crippen LogP contribution >= 0.6 is 0 Å². The maximum Gasteiger partial charge on any atom is 0.202 e. The molecule has 0 bridgehead atoms. The highest BCUT2D eigenvalue weighted by Crippen LogP contribution is 1.39. The van der Waals surface area contributed by atoms with Gasteiger partial charge in [-0.2, -0.15) is 5.26 Å². The highest BCUT2D eigenvalue weighted by Gasteiger charge is 1.55. The van der Waals surface area contributed by atoms with Crippen molar-refractivity contribution in [2.24, 2.45) is 0 Å². The molecule has 0 aliphatic heterocycles. The number of hydrogen-bond donors (Lipinski definition) is 1. The minimum Gasteiger partial charge on any atom is -0.270 e. The van der Waals surface area contributed by atoms with Gasteiger partial charge in [0, 0.05) is 0 Å². The van der Waals surface area contributed by atoms with Gasteiger partial charge < -0.3 is 0 Å². The summed E-state index contributed by atoms with van der Waals surface area (Å²) in [6, 6.07) is 0. The number of nitriles is 1. The maximum absolute atomic E-state index is 7.58. The van der Waals surface area contributed by atoms with Crippen LogP contribution in [-0.4, -0.2) is 7.11 Å². The summed E-state index contributed by atoms with van der Waals surface area (Å²) < 4.78 is 0. The molecule has 28 valence electrons. The van der Waals surface area contributed by atoms with E-state index in [2.05, 4.69) is 4.84 Å². The van der Waals surface area contributed by atoms with E-state index in [9.17, 15) is 0 Å². The number of nitrogens with one attached hydrogen (secondary N) is 1. The summed E-state index contributed by atoms with van der Waals surface area (Å²) >= 11 is 0. The van der Waals surface area contributed by atoms with E-state index in [4.69, 9.17) is 5.26 Å². The van der Waals surface area contributed by atoms with Gasteiger partial charge in [0.2, 0.25) is 6.19 Å². The fourth-order valence-electron chi connectivity index (χ4n) is 0.0456. The van der Waals surface area contributed by atoms with Gasteiger partial charge in [0.1, 0.15) is 0 Å². The first-order chi connectivity index (χ1) is 2.41. The van der Waals surface area contributed by atoms with Crippen LogP contribution in [0.1, 0.15) is 0 Å². The molecule has 0 heterocycles. The van der Waals surface area contributed by atoms with E-state index in [-0.39, 0.29) is 0 Å². The molecule has 0 rings (SSSR count). The summed E-state index contributed by atoms with van der Waals surface area (Å²) in [5.74, 6) is 0. The molecule has 1 N–H and O–H groups in total. The number of hydrogen-bond acceptors (Lipinski definition) is 3. The van der Waals surface area contributed by atoms with Crippen LogP contribution in [0.5, 0.6) is 0 Å². The predicted molar refractivity (Wildman–Crippen MR) is 15.8 cm³/mol. The van der Waals surface area contributed by atoms with Gasteiger partial charge in [-0.1, -0.05) is 0 Å². The molecule has 0 aliphatic rings. The molecule has 3 heteroatoms. The molecule has 5 heavy (non-hydrogen) atoms. The molecule has 0 atom stereocenters. The van der Waals surface area contributed by atoms with Crippen molar-refractivity contribution in [3.05, 3.63) is 0 Å². The first-order valence-electron chi connectivity index (χ1n) is 1.09. The van der Waals surface area contributed by atoms with Crippen LogP contribution < -0.4 is 5.48 Å². The second kappa shape index (κ2) is 3.25. The van der Waals surface area contributed by atoms with Crippen molar-refractivity contribution < 1.29 is 4.84 Å². The van der Waals surface area contributed by atoms with Gasteiger partial charge in [-0.25, -0.2) is 5.48 Å². The van der Waals surface area contributed by atoms with Gasteiger partial charge in [-0.05, 0) is 0 Å². The summed E-state index contributed by atoms with van der Waals surface area (Å²) in [6.45, 7) is 0. The normalized spacial score (nSPS) is 5.60. The minimum absolute atomic E-state index is 1.38. The van der Waals surface area contributed by atoms with Crippen LogP contribution in [0.4, 0.5) is 0 Å². The van der Waals surface area contributed by atoms with Crippen molar-refractivity contribution in [1.82, 2.24) is 5.48 Å². The molecule has 0 saturated heterocycles. The van der Waals surface area contributed by atoms with Gasteiger partial charge in [0.25, 0.3) is 0 Å². The first kappa shape index (κ1) is 4.25. The molecule has 0 radical (unpaired) electrons. The van der Waals surface area contributed by atoms with Crippen molar-refractivity contribution in [3.8, 4) is 6.19 Å². The Kier molecular flexibility index (Phi) is 2.76. The number of nitrogens with zero attached hydrogens (tertiary/aromatic N) is 1. The van der Waals surface area contributed by atoms with Crippen molar-refractivity contribution in [2.75, 3.05) is 7.11 Å². The zero-order chi connectivity index (χ0) is 4.12. The van der Waals surface area contributed by atoms with E-state index in [1.165, 1.54) is 7.11 Å². The van der Waals surface area contributed by atoms with E-state index in [1.807, 2.05) is 5.48 Å².